The van der Waals surface area contributed by atoms with Crippen molar-refractivity contribution >= 4 is 0 Å². The smallest absolute Gasteiger partial charge is 0.126 e. The van der Waals surface area contributed by atoms with E-state index in [1.54, 1.807) is 12.1 Å². The summed E-state index contributed by atoms with van der Waals surface area (Å²) in [6.45, 7) is 2.47. The monoisotopic (exact) mass is 265 g/mol. The number of hydrogen-bond donors (Lipinski definition) is 1. The molecule has 0 radical (unpaired) electrons. The van der Waals surface area contributed by atoms with Gasteiger partial charge in [-0.3, -0.25) is 0 Å². The minimum atomic E-state index is -0.644. The molecule has 0 aliphatic carbocycles. The first-order valence-corrected chi connectivity index (χ1v) is 6.05. The van der Waals surface area contributed by atoms with Crippen LogP contribution in [0.3, 0.4) is 0 Å². The van der Waals surface area contributed by atoms with Gasteiger partial charge in [-0.1, -0.05) is 19.1 Å². The van der Waals surface area contributed by atoms with Gasteiger partial charge in [0.05, 0.1) is 6.04 Å². The summed E-state index contributed by atoms with van der Waals surface area (Å²) in [5.74, 6) is -1.67. The largest absolute Gasteiger partial charge is 0.307 e. The minimum absolute atomic E-state index is 0.378. The molecule has 1 N–H and O–H groups in total. The first kappa shape index (κ1) is 13.6. The van der Waals surface area contributed by atoms with Crippen LogP contribution >= 0.6 is 0 Å². The Morgan fingerprint density at radius 2 is 1.53 bits per heavy atom. The minimum Gasteiger partial charge on any atom is -0.307 e. The molecule has 4 heteroatoms. The third-order valence-electron chi connectivity index (χ3n) is 2.81. The lowest BCUT2D eigenvalue weighted by Crippen LogP contribution is -2.22. The Hall–Kier alpha value is -1.81. The lowest BCUT2D eigenvalue weighted by atomic mass is 9.98. The Bertz CT molecular complexity index is 549. The summed E-state index contributed by atoms with van der Waals surface area (Å²) in [4.78, 5) is 0. The van der Waals surface area contributed by atoms with Crippen LogP contribution < -0.4 is 5.32 Å². The first-order valence-electron chi connectivity index (χ1n) is 6.05. The maximum Gasteiger partial charge on any atom is 0.126 e. The van der Waals surface area contributed by atoms with E-state index < -0.39 is 17.7 Å². The fourth-order valence-electron chi connectivity index (χ4n) is 2.06. The Morgan fingerprint density at radius 1 is 0.895 bits per heavy atom. The zero-order valence-electron chi connectivity index (χ0n) is 10.5. The second-order valence-corrected chi connectivity index (χ2v) is 4.25. The van der Waals surface area contributed by atoms with Crippen LogP contribution in [-0.4, -0.2) is 6.54 Å². The summed E-state index contributed by atoms with van der Waals surface area (Å²) in [5.41, 5.74) is 1.07. The van der Waals surface area contributed by atoms with E-state index in [2.05, 4.69) is 5.32 Å². The standard InChI is InChI=1S/C15H14F3N/c1-2-19-15(10-4-3-5-12(16)6-10)11-7-13(17)9-14(18)8-11/h3-9,15,19H,2H2,1H3. The highest BCUT2D eigenvalue weighted by atomic mass is 19.1. The zero-order valence-corrected chi connectivity index (χ0v) is 10.5. The van der Waals surface area contributed by atoms with Gasteiger partial charge in [0.25, 0.3) is 0 Å². The highest BCUT2D eigenvalue weighted by Gasteiger charge is 2.15. The van der Waals surface area contributed by atoms with Crippen molar-refractivity contribution in [3.05, 3.63) is 71.0 Å². The molecular weight excluding hydrogens is 251 g/mol. The number of benzene rings is 2. The van der Waals surface area contributed by atoms with Crippen molar-refractivity contribution in [2.45, 2.75) is 13.0 Å². The van der Waals surface area contributed by atoms with Crippen molar-refractivity contribution in [1.29, 1.82) is 0 Å². The second-order valence-electron chi connectivity index (χ2n) is 4.25. The molecule has 0 aromatic heterocycles. The zero-order chi connectivity index (χ0) is 13.8. The van der Waals surface area contributed by atoms with Crippen LogP contribution in [0.1, 0.15) is 24.1 Å². The molecular formula is C15H14F3N. The van der Waals surface area contributed by atoms with Crippen molar-refractivity contribution in [3.8, 4) is 0 Å². The number of nitrogens with one attached hydrogen (secondary N) is 1. The molecule has 2 aromatic rings. The maximum absolute atomic E-state index is 13.3. The molecule has 0 saturated carbocycles. The van der Waals surface area contributed by atoms with Crippen LogP contribution in [0, 0.1) is 17.5 Å². The summed E-state index contributed by atoms with van der Waals surface area (Å²) in [6, 6.07) is 8.87. The SMILES string of the molecule is CCNC(c1cccc(F)c1)c1cc(F)cc(F)c1. The van der Waals surface area contributed by atoms with Gasteiger partial charge in [-0.15, -0.1) is 0 Å². The molecule has 0 aliphatic heterocycles. The van der Waals surface area contributed by atoms with Crippen LogP contribution in [0.25, 0.3) is 0 Å². The molecule has 0 spiro atoms. The number of rotatable bonds is 4. The molecule has 0 aliphatic rings. The summed E-state index contributed by atoms with van der Waals surface area (Å²) in [5, 5.41) is 3.10. The molecule has 100 valence electrons. The van der Waals surface area contributed by atoms with Gasteiger partial charge in [0, 0.05) is 6.07 Å². The Labute approximate surface area is 110 Å². The molecule has 1 nitrogen and oxygen atoms in total. The van der Waals surface area contributed by atoms with Crippen LogP contribution in [0.2, 0.25) is 0 Å². The lowest BCUT2D eigenvalue weighted by molar-refractivity contribution is 0.563. The number of hydrogen-bond acceptors (Lipinski definition) is 1. The maximum atomic E-state index is 13.3. The van der Waals surface area contributed by atoms with E-state index in [1.807, 2.05) is 6.92 Å². The summed E-state index contributed by atoms with van der Waals surface area (Å²) in [7, 11) is 0. The van der Waals surface area contributed by atoms with Crippen LogP contribution in [0.15, 0.2) is 42.5 Å². The first-order chi connectivity index (χ1) is 9.10. The van der Waals surface area contributed by atoms with Gasteiger partial charge in [-0.05, 0) is 41.9 Å². The van der Waals surface area contributed by atoms with Gasteiger partial charge in [0.15, 0.2) is 0 Å². The summed E-state index contributed by atoms with van der Waals surface area (Å²) >= 11 is 0. The van der Waals surface area contributed by atoms with E-state index in [0.29, 0.717) is 17.7 Å². The van der Waals surface area contributed by atoms with Gasteiger partial charge in [-0.25, -0.2) is 13.2 Å². The van der Waals surface area contributed by atoms with Gasteiger partial charge >= 0.3 is 0 Å². The average Bonchev–Trinajstić information content (AvgIpc) is 2.34. The normalized spacial score (nSPS) is 12.4. The molecule has 0 saturated heterocycles. The molecule has 0 fully saturated rings. The molecule has 1 unspecified atom stereocenters. The Balaban J connectivity index is 2.44. The molecule has 0 bridgehead atoms. The molecule has 2 rings (SSSR count). The van der Waals surface area contributed by atoms with Gasteiger partial charge in [0.1, 0.15) is 17.5 Å². The second kappa shape index (κ2) is 5.89. The van der Waals surface area contributed by atoms with Crippen molar-refractivity contribution in [2.24, 2.45) is 0 Å². The molecule has 0 heterocycles. The fraction of sp³-hybridized carbons (Fsp3) is 0.200. The molecule has 1 atom stereocenters. The predicted molar refractivity (Wildman–Crippen MR) is 68.3 cm³/mol. The quantitative estimate of drug-likeness (QED) is 0.886. The number of halogens is 3. The van der Waals surface area contributed by atoms with E-state index in [1.165, 1.54) is 24.3 Å². The third kappa shape index (κ3) is 3.35. The van der Waals surface area contributed by atoms with E-state index >= 15 is 0 Å². The van der Waals surface area contributed by atoms with E-state index in [9.17, 15) is 13.2 Å². The summed E-state index contributed by atoms with van der Waals surface area (Å²) < 4.78 is 39.8. The van der Waals surface area contributed by atoms with Crippen molar-refractivity contribution < 1.29 is 13.2 Å². The van der Waals surface area contributed by atoms with E-state index in [4.69, 9.17) is 0 Å². The highest BCUT2D eigenvalue weighted by molar-refractivity contribution is 5.32. The van der Waals surface area contributed by atoms with Crippen LogP contribution in [0.5, 0.6) is 0 Å². The topological polar surface area (TPSA) is 12.0 Å². The van der Waals surface area contributed by atoms with Gasteiger partial charge in [-0.2, -0.15) is 0 Å². The van der Waals surface area contributed by atoms with Gasteiger partial charge in [0.2, 0.25) is 0 Å². The molecule has 0 amide bonds. The van der Waals surface area contributed by atoms with E-state index in [0.717, 1.165) is 6.07 Å². The summed E-state index contributed by atoms with van der Waals surface area (Å²) in [6.07, 6.45) is 0. The Morgan fingerprint density at radius 3 is 2.11 bits per heavy atom. The highest BCUT2D eigenvalue weighted by Crippen LogP contribution is 2.24. The van der Waals surface area contributed by atoms with E-state index in [-0.39, 0.29) is 5.82 Å². The third-order valence-corrected chi connectivity index (χ3v) is 2.81. The fourth-order valence-corrected chi connectivity index (χ4v) is 2.06. The predicted octanol–water partition coefficient (Wildman–Crippen LogP) is 3.80. The molecule has 19 heavy (non-hydrogen) atoms. The average molecular weight is 265 g/mol. The van der Waals surface area contributed by atoms with Crippen molar-refractivity contribution in [3.63, 3.8) is 0 Å². The van der Waals surface area contributed by atoms with Crippen LogP contribution in [0.4, 0.5) is 13.2 Å². The van der Waals surface area contributed by atoms with Crippen LogP contribution in [-0.2, 0) is 0 Å². The Kier molecular flexibility index (Phi) is 4.22. The van der Waals surface area contributed by atoms with Crippen molar-refractivity contribution in [1.82, 2.24) is 5.32 Å². The molecule has 2 aromatic carbocycles. The van der Waals surface area contributed by atoms with Crippen molar-refractivity contribution in [2.75, 3.05) is 6.54 Å². The lowest BCUT2D eigenvalue weighted by Gasteiger charge is -2.19. The van der Waals surface area contributed by atoms with Gasteiger partial charge < -0.3 is 5.32 Å².